The second-order valence-electron chi connectivity index (χ2n) is 5.19. The summed E-state index contributed by atoms with van der Waals surface area (Å²) in [4.78, 5) is 9.95. The Morgan fingerprint density at radius 3 is 2.37 bits per heavy atom. The lowest BCUT2D eigenvalue weighted by Gasteiger charge is -2.27. The normalized spacial score (nSPS) is 14.4. The lowest BCUT2D eigenvalue weighted by atomic mass is 9.89. The van der Waals surface area contributed by atoms with E-state index < -0.39 is 20.6 Å². The van der Waals surface area contributed by atoms with Crippen LogP contribution in [-0.4, -0.2) is 19.4 Å². The number of rotatable bonds is 4. The van der Waals surface area contributed by atoms with Gasteiger partial charge in [-0.05, 0) is 12.3 Å². The van der Waals surface area contributed by atoms with E-state index in [1.54, 1.807) is 6.92 Å². The maximum Gasteiger partial charge on any atom is 0.300 e. The molecule has 0 radical (unpaired) electrons. The number of hydrogen-bond donors (Lipinski definition) is 1. The van der Waals surface area contributed by atoms with E-state index >= 15 is 0 Å². The Morgan fingerprint density at radius 1 is 1.47 bits per heavy atom. The summed E-state index contributed by atoms with van der Waals surface area (Å²) in [6, 6.07) is 0.655. The van der Waals surface area contributed by atoms with Crippen LogP contribution < -0.4 is 4.72 Å². The molecule has 1 rings (SSSR count). The fourth-order valence-corrected chi connectivity index (χ4v) is 4.19. The van der Waals surface area contributed by atoms with Crippen LogP contribution in [0.5, 0.6) is 0 Å². The Morgan fingerprint density at radius 2 is 2.00 bits per heavy atom. The van der Waals surface area contributed by atoms with Gasteiger partial charge in [-0.2, -0.15) is 0 Å². The van der Waals surface area contributed by atoms with Gasteiger partial charge < -0.3 is 0 Å². The first-order valence-electron chi connectivity index (χ1n) is 5.41. The average molecular weight is 327 g/mol. The van der Waals surface area contributed by atoms with Gasteiger partial charge in [0.15, 0.2) is 4.34 Å². The van der Waals surface area contributed by atoms with Gasteiger partial charge in [0.1, 0.15) is 4.21 Å². The van der Waals surface area contributed by atoms with Crippen molar-refractivity contribution >= 4 is 38.6 Å². The Balaban J connectivity index is 3.08. The van der Waals surface area contributed by atoms with Gasteiger partial charge in [-0.1, -0.05) is 32.4 Å². The van der Waals surface area contributed by atoms with Gasteiger partial charge in [0.05, 0.1) is 4.92 Å². The molecule has 1 N–H and O–H groups in total. The van der Waals surface area contributed by atoms with E-state index in [1.165, 1.54) is 0 Å². The summed E-state index contributed by atoms with van der Waals surface area (Å²) in [5.74, 6) is 0. The van der Waals surface area contributed by atoms with Crippen LogP contribution in [0.15, 0.2) is 10.3 Å². The first-order chi connectivity index (χ1) is 8.45. The highest BCUT2D eigenvalue weighted by Gasteiger charge is 2.29. The SMILES string of the molecule is CC(NS(=O)(=O)c1cc([N+](=O)[O-])c(Cl)s1)C(C)(C)C. The fourth-order valence-electron chi connectivity index (χ4n) is 1.06. The molecule has 1 atom stereocenters. The quantitative estimate of drug-likeness (QED) is 0.680. The van der Waals surface area contributed by atoms with E-state index in [2.05, 4.69) is 4.72 Å². The minimum atomic E-state index is -3.80. The summed E-state index contributed by atoms with van der Waals surface area (Å²) in [6.45, 7) is 7.42. The van der Waals surface area contributed by atoms with Crippen molar-refractivity contribution in [1.82, 2.24) is 4.72 Å². The third-order valence-corrected chi connectivity index (χ3v) is 6.09. The van der Waals surface area contributed by atoms with Gasteiger partial charge in [-0.3, -0.25) is 10.1 Å². The summed E-state index contributed by atoms with van der Waals surface area (Å²) >= 11 is 6.33. The van der Waals surface area contributed by atoms with Crippen LogP contribution in [0.25, 0.3) is 0 Å². The highest BCUT2D eigenvalue weighted by atomic mass is 35.5. The van der Waals surface area contributed by atoms with Crippen molar-refractivity contribution in [3.8, 4) is 0 Å². The topological polar surface area (TPSA) is 89.3 Å². The van der Waals surface area contributed by atoms with Gasteiger partial charge in [0.25, 0.3) is 15.7 Å². The zero-order valence-corrected chi connectivity index (χ0v) is 13.3. The molecule has 0 aliphatic rings. The van der Waals surface area contributed by atoms with Gasteiger partial charge in [-0.25, -0.2) is 13.1 Å². The predicted molar refractivity (Wildman–Crippen MR) is 75.2 cm³/mol. The first kappa shape index (κ1) is 16.4. The van der Waals surface area contributed by atoms with E-state index in [0.717, 1.165) is 6.07 Å². The van der Waals surface area contributed by atoms with E-state index in [1.807, 2.05) is 20.8 Å². The molecule has 19 heavy (non-hydrogen) atoms. The molecule has 0 aliphatic heterocycles. The predicted octanol–water partition coefficient (Wildman–Crippen LogP) is 3.02. The van der Waals surface area contributed by atoms with Gasteiger partial charge in [0, 0.05) is 12.1 Å². The summed E-state index contributed by atoms with van der Waals surface area (Å²) in [7, 11) is -3.80. The zero-order chi connectivity index (χ0) is 15.0. The number of nitrogens with one attached hydrogen (secondary N) is 1. The van der Waals surface area contributed by atoms with Gasteiger partial charge >= 0.3 is 0 Å². The molecule has 1 aromatic rings. The Labute approximate surface area is 121 Å². The largest absolute Gasteiger partial charge is 0.300 e. The van der Waals surface area contributed by atoms with Crippen molar-refractivity contribution in [2.45, 2.75) is 37.9 Å². The molecule has 1 aromatic heterocycles. The van der Waals surface area contributed by atoms with Crippen molar-refractivity contribution in [2.24, 2.45) is 5.41 Å². The van der Waals surface area contributed by atoms with Crippen molar-refractivity contribution in [3.05, 3.63) is 20.5 Å². The van der Waals surface area contributed by atoms with Gasteiger partial charge in [0.2, 0.25) is 0 Å². The molecule has 108 valence electrons. The highest BCUT2D eigenvalue weighted by molar-refractivity contribution is 7.91. The second-order valence-corrected chi connectivity index (χ2v) is 8.79. The molecule has 0 spiro atoms. The molecular weight excluding hydrogens is 312 g/mol. The fraction of sp³-hybridized carbons (Fsp3) is 0.600. The Hall–Kier alpha value is -0.700. The minimum Gasteiger partial charge on any atom is -0.258 e. The maximum atomic E-state index is 12.1. The third kappa shape index (κ3) is 3.88. The van der Waals surface area contributed by atoms with Crippen LogP contribution in [0.2, 0.25) is 4.34 Å². The number of nitrogens with zero attached hydrogens (tertiary/aromatic N) is 1. The molecule has 0 aliphatic carbocycles. The van der Waals surface area contributed by atoms with E-state index in [4.69, 9.17) is 11.6 Å². The molecule has 0 saturated carbocycles. The highest BCUT2D eigenvalue weighted by Crippen LogP contribution is 2.36. The molecule has 0 saturated heterocycles. The molecule has 1 heterocycles. The molecule has 6 nitrogen and oxygen atoms in total. The summed E-state index contributed by atoms with van der Waals surface area (Å²) in [5, 5.41) is 10.7. The summed E-state index contributed by atoms with van der Waals surface area (Å²) in [5.41, 5.74) is -0.657. The number of thiophene rings is 1. The monoisotopic (exact) mass is 326 g/mol. The van der Waals surface area contributed by atoms with Crippen LogP contribution in [-0.2, 0) is 10.0 Å². The molecular formula is C10H15ClN2O4S2. The van der Waals surface area contributed by atoms with Crippen LogP contribution in [0.1, 0.15) is 27.7 Å². The maximum absolute atomic E-state index is 12.1. The second kappa shape index (κ2) is 5.35. The Bertz CT molecular complexity index is 589. The number of sulfonamides is 1. The molecule has 0 amide bonds. The van der Waals surface area contributed by atoms with Crippen LogP contribution in [0, 0.1) is 15.5 Å². The average Bonchev–Trinajstić information content (AvgIpc) is 2.58. The smallest absolute Gasteiger partial charge is 0.258 e. The summed E-state index contributed by atoms with van der Waals surface area (Å²) in [6.07, 6.45) is 0. The van der Waals surface area contributed by atoms with Gasteiger partial charge in [-0.15, -0.1) is 11.3 Å². The lowest BCUT2D eigenvalue weighted by molar-refractivity contribution is -0.384. The third-order valence-electron chi connectivity index (χ3n) is 2.74. The Kier molecular flexibility index (Phi) is 4.61. The zero-order valence-electron chi connectivity index (χ0n) is 10.9. The number of nitro groups is 1. The molecule has 0 bridgehead atoms. The molecule has 1 unspecified atom stereocenters. The minimum absolute atomic E-state index is 0.145. The molecule has 9 heteroatoms. The number of halogens is 1. The van der Waals surface area contributed by atoms with E-state index in [-0.39, 0.29) is 20.0 Å². The van der Waals surface area contributed by atoms with Crippen molar-refractivity contribution < 1.29 is 13.3 Å². The van der Waals surface area contributed by atoms with Crippen LogP contribution in [0.3, 0.4) is 0 Å². The number of hydrogen-bond acceptors (Lipinski definition) is 5. The first-order valence-corrected chi connectivity index (χ1v) is 8.09. The standard InChI is InChI=1S/C10H15ClN2O4S2/c1-6(10(2,3)4)12-19(16,17)8-5-7(13(14)15)9(11)18-8/h5-6,12H,1-4H3. The lowest BCUT2D eigenvalue weighted by Crippen LogP contribution is -2.41. The van der Waals surface area contributed by atoms with E-state index in [0.29, 0.717) is 11.3 Å². The van der Waals surface area contributed by atoms with Crippen LogP contribution >= 0.6 is 22.9 Å². The van der Waals surface area contributed by atoms with Crippen molar-refractivity contribution in [3.63, 3.8) is 0 Å². The molecule has 0 fully saturated rings. The summed E-state index contributed by atoms with van der Waals surface area (Å²) < 4.78 is 26.4. The molecule has 0 aromatic carbocycles. The van der Waals surface area contributed by atoms with E-state index in [9.17, 15) is 18.5 Å². The van der Waals surface area contributed by atoms with Crippen molar-refractivity contribution in [2.75, 3.05) is 0 Å². The van der Waals surface area contributed by atoms with Crippen molar-refractivity contribution in [1.29, 1.82) is 0 Å². The van der Waals surface area contributed by atoms with Crippen LogP contribution in [0.4, 0.5) is 5.69 Å².